The van der Waals surface area contributed by atoms with Gasteiger partial charge in [0.1, 0.15) is 5.00 Å². The summed E-state index contributed by atoms with van der Waals surface area (Å²) < 4.78 is 32.7. The Balaban J connectivity index is 1.49. The molecule has 0 spiro atoms. The van der Waals surface area contributed by atoms with E-state index in [9.17, 15) is 22.8 Å². The van der Waals surface area contributed by atoms with Crippen LogP contribution in [0.3, 0.4) is 0 Å². The van der Waals surface area contributed by atoms with E-state index in [4.69, 9.17) is 4.74 Å². The number of carbonyl (C=O) groups is 3. The van der Waals surface area contributed by atoms with Crippen molar-refractivity contribution in [1.29, 1.82) is 0 Å². The highest BCUT2D eigenvalue weighted by molar-refractivity contribution is 7.89. The van der Waals surface area contributed by atoms with Crippen LogP contribution in [-0.4, -0.2) is 105 Å². The fourth-order valence-corrected chi connectivity index (χ4v) is 7.51. The van der Waals surface area contributed by atoms with E-state index >= 15 is 0 Å². The summed E-state index contributed by atoms with van der Waals surface area (Å²) in [5, 5.41) is 3.43. The van der Waals surface area contributed by atoms with Crippen molar-refractivity contribution in [2.45, 2.75) is 44.7 Å². The molecule has 11 nitrogen and oxygen atoms in total. The lowest BCUT2D eigenvalue weighted by Gasteiger charge is -2.33. The van der Waals surface area contributed by atoms with E-state index in [1.54, 1.807) is 21.0 Å². The van der Waals surface area contributed by atoms with Gasteiger partial charge in [0.15, 0.2) is 0 Å². The first kappa shape index (κ1) is 30.0. The molecule has 3 amide bonds. The topological polar surface area (TPSA) is 120 Å². The van der Waals surface area contributed by atoms with E-state index in [1.807, 2.05) is 0 Å². The molecule has 0 bridgehead atoms. The molecule has 40 heavy (non-hydrogen) atoms. The van der Waals surface area contributed by atoms with Gasteiger partial charge in [-0.05, 0) is 57.0 Å². The number of benzene rings is 1. The number of fused-ring (bicyclic) bond motifs is 1. The lowest BCUT2D eigenvalue weighted by molar-refractivity contribution is 0.0826. The van der Waals surface area contributed by atoms with Crippen LogP contribution >= 0.6 is 11.3 Å². The fourth-order valence-electron chi connectivity index (χ4n) is 4.83. The molecule has 1 aromatic carbocycles. The summed E-state index contributed by atoms with van der Waals surface area (Å²) in [7, 11) is -0.414. The van der Waals surface area contributed by atoms with Crippen LogP contribution in [0.1, 0.15) is 51.9 Å². The molecule has 2 aliphatic rings. The highest BCUT2D eigenvalue weighted by Gasteiger charge is 2.32. The van der Waals surface area contributed by atoms with E-state index in [0.29, 0.717) is 16.6 Å². The van der Waals surface area contributed by atoms with Crippen molar-refractivity contribution in [3.8, 4) is 0 Å². The van der Waals surface area contributed by atoms with Gasteiger partial charge in [0.25, 0.3) is 11.8 Å². The Morgan fingerprint density at radius 2 is 1.70 bits per heavy atom. The minimum Gasteiger partial charge on any atom is -0.450 e. The molecule has 13 heteroatoms. The molecule has 1 saturated heterocycles. The molecule has 4 rings (SSSR count). The molecule has 0 saturated carbocycles. The van der Waals surface area contributed by atoms with E-state index < -0.39 is 22.0 Å². The summed E-state index contributed by atoms with van der Waals surface area (Å²) in [4.78, 5) is 44.7. The molecule has 0 atom stereocenters. The lowest BCUT2D eigenvalue weighted by atomic mass is 10.0. The van der Waals surface area contributed by atoms with Crippen LogP contribution in [0.15, 0.2) is 29.2 Å². The number of anilines is 1. The van der Waals surface area contributed by atoms with Crippen molar-refractivity contribution in [2.75, 3.05) is 58.7 Å². The smallest absolute Gasteiger partial charge is 0.409 e. The number of hydrogen-bond acceptors (Lipinski definition) is 8. The zero-order valence-corrected chi connectivity index (χ0v) is 25.2. The van der Waals surface area contributed by atoms with Crippen molar-refractivity contribution in [1.82, 2.24) is 19.0 Å². The molecule has 0 aliphatic carbocycles. The minimum absolute atomic E-state index is 0.0671. The van der Waals surface area contributed by atoms with Gasteiger partial charge in [-0.15, -0.1) is 11.3 Å². The summed E-state index contributed by atoms with van der Waals surface area (Å²) in [5.74, 6) is -0.575. The molecule has 2 aliphatic heterocycles. The SMILES string of the molecule is CCOC(=O)N1CCN(S(=O)(=O)c2ccc(C(=O)Nc3sc4c(c3C(=O)N(C)C)CCN(C(C)C)C4)cc2)CC1. The predicted molar refractivity (Wildman–Crippen MR) is 153 cm³/mol. The monoisotopic (exact) mass is 591 g/mol. The molecule has 0 unspecified atom stereocenters. The van der Waals surface area contributed by atoms with Gasteiger partial charge in [0.2, 0.25) is 10.0 Å². The van der Waals surface area contributed by atoms with Crippen molar-refractivity contribution < 1.29 is 27.5 Å². The van der Waals surface area contributed by atoms with Gasteiger partial charge in [0, 0.05) is 69.8 Å². The first-order valence-corrected chi connectivity index (χ1v) is 15.6. The Bertz CT molecular complexity index is 1360. The van der Waals surface area contributed by atoms with Crippen LogP contribution in [0.5, 0.6) is 0 Å². The van der Waals surface area contributed by atoms with E-state index in [0.717, 1.165) is 30.0 Å². The van der Waals surface area contributed by atoms with E-state index in [1.165, 1.54) is 49.7 Å². The third-order valence-corrected chi connectivity index (χ3v) is 10.2. The highest BCUT2D eigenvalue weighted by atomic mass is 32.2. The number of hydrogen-bond donors (Lipinski definition) is 1. The van der Waals surface area contributed by atoms with Crippen molar-refractivity contribution in [3.63, 3.8) is 0 Å². The molecule has 1 N–H and O–H groups in total. The van der Waals surface area contributed by atoms with Crippen molar-refractivity contribution in [2.24, 2.45) is 0 Å². The average molecular weight is 592 g/mol. The Morgan fingerprint density at radius 3 is 2.27 bits per heavy atom. The third-order valence-electron chi connectivity index (χ3n) is 7.18. The van der Waals surface area contributed by atoms with Crippen LogP contribution in [0.4, 0.5) is 9.80 Å². The summed E-state index contributed by atoms with van der Waals surface area (Å²) in [6, 6.07) is 6.14. The Kier molecular flexibility index (Phi) is 9.18. The normalized spacial score (nSPS) is 16.5. The van der Waals surface area contributed by atoms with E-state index in [2.05, 4.69) is 24.1 Å². The first-order valence-electron chi connectivity index (χ1n) is 13.4. The zero-order valence-electron chi connectivity index (χ0n) is 23.6. The second-order valence-electron chi connectivity index (χ2n) is 10.3. The number of nitrogens with zero attached hydrogens (tertiary/aromatic N) is 4. The standard InChI is InChI=1S/C27H37N5O6S2/c1-6-38-27(35)30-13-15-32(16-14-30)40(36,37)20-9-7-19(8-10-20)24(33)28-25-23(26(34)29(4)5)21-11-12-31(18(2)3)17-22(21)39-25/h7-10,18H,6,11-17H2,1-5H3,(H,28,33). The number of rotatable bonds is 7. The second kappa shape index (κ2) is 12.2. The largest absolute Gasteiger partial charge is 0.450 e. The van der Waals surface area contributed by atoms with Gasteiger partial charge >= 0.3 is 6.09 Å². The maximum Gasteiger partial charge on any atom is 0.409 e. The lowest BCUT2D eigenvalue weighted by Crippen LogP contribution is -2.50. The number of ether oxygens (including phenoxy) is 1. The van der Waals surface area contributed by atoms with Gasteiger partial charge < -0.3 is 19.9 Å². The molecule has 0 radical (unpaired) electrons. The van der Waals surface area contributed by atoms with Crippen LogP contribution in [0, 0.1) is 0 Å². The second-order valence-corrected chi connectivity index (χ2v) is 13.3. The number of sulfonamides is 1. The number of nitrogens with one attached hydrogen (secondary N) is 1. The third kappa shape index (κ3) is 6.17. The molecule has 1 fully saturated rings. The molecule has 1 aromatic heterocycles. The highest BCUT2D eigenvalue weighted by Crippen LogP contribution is 2.38. The number of carbonyl (C=O) groups excluding carboxylic acids is 3. The van der Waals surface area contributed by atoms with Gasteiger partial charge in [-0.2, -0.15) is 4.31 Å². The Labute approximate surface area is 239 Å². The van der Waals surface area contributed by atoms with Crippen LogP contribution in [0.25, 0.3) is 0 Å². The quantitative estimate of drug-likeness (QED) is 0.526. The van der Waals surface area contributed by atoms with Crippen LogP contribution < -0.4 is 5.32 Å². The first-order chi connectivity index (χ1) is 18.9. The fraction of sp³-hybridized carbons (Fsp3) is 0.519. The van der Waals surface area contributed by atoms with Crippen LogP contribution in [0.2, 0.25) is 0 Å². The maximum atomic E-state index is 13.2. The summed E-state index contributed by atoms with van der Waals surface area (Å²) in [6.45, 7) is 8.62. The summed E-state index contributed by atoms with van der Waals surface area (Å²) in [5.41, 5.74) is 1.80. The van der Waals surface area contributed by atoms with Gasteiger partial charge in [-0.1, -0.05) is 0 Å². The number of piperazine rings is 1. The Morgan fingerprint density at radius 1 is 1.05 bits per heavy atom. The number of thiophene rings is 1. The van der Waals surface area contributed by atoms with E-state index in [-0.39, 0.29) is 49.2 Å². The summed E-state index contributed by atoms with van der Waals surface area (Å²) in [6.07, 6.45) is 0.282. The number of amides is 3. The van der Waals surface area contributed by atoms with Gasteiger partial charge in [0.05, 0.1) is 17.1 Å². The molecular formula is C27H37N5O6S2. The maximum absolute atomic E-state index is 13.2. The van der Waals surface area contributed by atoms with Gasteiger partial charge in [-0.3, -0.25) is 14.5 Å². The molecule has 2 aromatic rings. The summed E-state index contributed by atoms with van der Waals surface area (Å²) >= 11 is 1.42. The average Bonchev–Trinajstić information content (AvgIpc) is 3.29. The predicted octanol–water partition coefficient (Wildman–Crippen LogP) is 2.93. The molecular weight excluding hydrogens is 554 g/mol. The Hall–Kier alpha value is -3.00. The zero-order chi connectivity index (χ0) is 29.2. The van der Waals surface area contributed by atoms with Crippen molar-refractivity contribution >= 4 is 44.3 Å². The molecule has 3 heterocycles. The minimum atomic E-state index is -3.80. The van der Waals surface area contributed by atoms with Crippen molar-refractivity contribution in [3.05, 3.63) is 45.8 Å². The van der Waals surface area contributed by atoms with Crippen LogP contribution in [-0.2, 0) is 27.7 Å². The molecule has 218 valence electrons. The van der Waals surface area contributed by atoms with Gasteiger partial charge in [-0.25, -0.2) is 13.2 Å².